The van der Waals surface area contributed by atoms with Crippen LogP contribution in [0.5, 0.6) is 0 Å². The second-order valence-electron chi connectivity index (χ2n) is 8.51. The van der Waals surface area contributed by atoms with E-state index in [0.29, 0.717) is 6.04 Å². The Balaban J connectivity index is 2.14. The minimum absolute atomic E-state index is 0.00730. The normalized spacial score (nSPS) is 24.1. The molecule has 0 atom stereocenters. The fraction of sp³-hybridized carbons (Fsp3) is 0.667. The minimum Gasteiger partial charge on any atom is -0.356 e. The Hall–Kier alpha value is -1.39. The van der Waals surface area contributed by atoms with Crippen molar-refractivity contribution in [3.05, 3.63) is 35.4 Å². The topological polar surface area (TPSA) is 67.2 Å². The molecule has 0 bridgehead atoms. The van der Waals surface area contributed by atoms with Crippen LogP contribution in [0.3, 0.4) is 0 Å². The standard InChI is InChI=1S/C21H35N3O/c1-16(25)23-13-6-14-24-21(11-9-19(22)10-12-21)18-8-5-7-17(15-18)20(2,3)4/h5,7-8,15,19,24H,6,9-14,22H2,1-4H3,(H,23,25). The SMILES string of the molecule is CC(=O)NCCCNC1(c2cccc(C(C)(C)C)c2)CCC(N)CC1. The molecule has 0 saturated heterocycles. The molecule has 4 nitrogen and oxygen atoms in total. The molecule has 4 heteroatoms. The fourth-order valence-electron chi connectivity index (χ4n) is 3.66. The molecule has 0 radical (unpaired) electrons. The molecule has 0 aromatic heterocycles. The molecular formula is C21H35N3O. The Morgan fingerprint density at radius 2 is 1.92 bits per heavy atom. The first-order chi connectivity index (χ1) is 11.7. The van der Waals surface area contributed by atoms with Gasteiger partial charge in [-0.15, -0.1) is 0 Å². The maximum Gasteiger partial charge on any atom is 0.216 e. The number of hydrogen-bond acceptors (Lipinski definition) is 3. The summed E-state index contributed by atoms with van der Waals surface area (Å²) in [5.41, 5.74) is 9.08. The third-order valence-electron chi connectivity index (χ3n) is 5.36. The summed E-state index contributed by atoms with van der Waals surface area (Å²) in [5, 5.41) is 6.69. The lowest BCUT2D eigenvalue weighted by Gasteiger charge is -2.41. The third-order valence-corrected chi connectivity index (χ3v) is 5.36. The van der Waals surface area contributed by atoms with E-state index in [1.54, 1.807) is 6.92 Å². The van der Waals surface area contributed by atoms with Crippen molar-refractivity contribution in [1.29, 1.82) is 0 Å². The van der Waals surface area contributed by atoms with Gasteiger partial charge in [-0.25, -0.2) is 0 Å². The van der Waals surface area contributed by atoms with E-state index in [-0.39, 0.29) is 16.9 Å². The van der Waals surface area contributed by atoms with Gasteiger partial charge in [0.2, 0.25) is 5.91 Å². The molecule has 1 aromatic rings. The third kappa shape index (κ3) is 5.55. The lowest BCUT2D eigenvalue weighted by molar-refractivity contribution is -0.118. The van der Waals surface area contributed by atoms with Crippen molar-refractivity contribution in [2.24, 2.45) is 5.73 Å². The van der Waals surface area contributed by atoms with E-state index < -0.39 is 0 Å². The molecule has 1 amide bonds. The highest BCUT2D eigenvalue weighted by molar-refractivity contribution is 5.72. The monoisotopic (exact) mass is 345 g/mol. The van der Waals surface area contributed by atoms with Crippen molar-refractivity contribution in [3.8, 4) is 0 Å². The van der Waals surface area contributed by atoms with Crippen LogP contribution in [0.25, 0.3) is 0 Å². The van der Waals surface area contributed by atoms with Crippen molar-refractivity contribution in [3.63, 3.8) is 0 Å². The lowest BCUT2D eigenvalue weighted by Crippen LogP contribution is -2.48. The van der Waals surface area contributed by atoms with E-state index >= 15 is 0 Å². The van der Waals surface area contributed by atoms with Crippen LogP contribution >= 0.6 is 0 Å². The van der Waals surface area contributed by atoms with Crippen LogP contribution in [0.2, 0.25) is 0 Å². The first-order valence-corrected chi connectivity index (χ1v) is 9.59. The molecule has 1 aliphatic carbocycles. The summed E-state index contributed by atoms with van der Waals surface area (Å²) in [4.78, 5) is 11.0. The van der Waals surface area contributed by atoms with Crippen LogP contribution in [0.4, 0.5) is 0 Å². The maximum absolute atomic E-state index is 11.0. The Morgan fingerprint density at radius 1 is 1.24 bits per heavy atom. The average Bonchev–Trinajstić information content (AvgIpc) is 2.55. The van der Waals surface area contributed by atoms with Crippen LogP contribution in [-0.4, -0.2) is 25.0 Å². The molecule has 1 aliphatic rings. The van der Waals surface area contributed by atoms with Gasteiger partial charge in [-0.05, 0) is 55.2 Å². The van der Waals surface area contributed by atoms with Gasteiger partial charge in [0, 0.05) is 25.0 Å². The first kappa shape index (κ1) is 19.9. The van der Waals surface area contributed by atoms with Crippen LogP contribution in [0.15, 0.2) is 24.3 Å². The Morgan fingerprint density at radius 3 is 2.52 bits per heavy atom. The number of nitrogens with one attached hydrogen (secondary N) is 2. The Labute approximate surface area is 153 Å². The Bertz CT molecular complexity index is 569. The number of nitrogens with two attached hydrogens (primary N) is 1. The predicted octanol–water partition coefficient (Wildman–Crippen LogP) is 3.20. The number of amides is 1. The Kier molecular flexibility index (Phi) is 6.64. The quantitative estimate of drug-likeness (QED) is 0.694. The lowest BCUT2D eigenvalue weighted by atomic mass is 9.73. The predicted molar refractivity (Wildman–Crippen MR) is 105 cm³/mol. The van der Waals surface area contributed by atoms with Gasteiger partial charge >= 0.3 is 0 Å². The molecule has 0 heterocycles. The van der Waals surface area contributed by atoms with Gasteiger partial charge in [-0.2, -0.15) is 0 Å². The van der Waals surface area contributed by atoms with E-state index in [2.05, 4.69) is 55.7 Å². The van der Waals surface area contributed by atoms with Gasteiger partial charge in [0.05, 0.1) is 0 Å². The summed E-state index contributed by atoms with van der Waals surface area (Å²) < 4.78 is 0. The summed E-state index contributed by atoms with van der Waals surface area (Å²) in [5.74, 6) is 0.0382. The highest BCUT2D eigenvalue weighted by Crippen LogP contribution is 2.38. The van der Waals surface area contributed by atoms with Gasteiger partial charge in [0.25, 0.3) is 0 Å². The number of carbonyl (C=O) groups excluding carboxylic acids is 1. The maximum atomic E-state index is 11.0. The number of carbonyl (C=O) groups is 1. The molecule has 0 spiro atoms. The molecule has 0 aliphatic heterocycles. The molecule has 2 rings (SSSR count). The molecule has 1 aromatic carbocycles. The molecule has 1 saturated carbocycles. The number of hydrogen-bond donors (Lipinski definition) is 3. The van der Waals surface area contributed by atoms with Crippen molar-refractivity contribution in [1.82, 2.24) is 10.6 Å². The van der Waals surface area contributed by atoms with E-state index in [1.165, 1.54) is 11.1 Å². The van der Waals surface area contributed by atoms with E-state index in [1.807, 2.05) is 0 Å². The van der Waals surface area contributed by atoms with Gasteiger partial charge < -0.3 is 16.4 Å². The molecule has 140 valence electrons. The number of benzene rings is 1. The first-order valence-electron chi connectivity index (χ1n) is 9.59. The van der Waals surface area contributed by atoms with Crippen LogP contribution < -0.4 is 16.4 Å². The highest BCUT2D eigenvalue weighted by atomic mass is 16.1. The summed E-state index contributed by atoms with van der Waals surface area (Å²) in [6, 6.07) is 9.36. The van der Waals surface area contributed by atoms with Crippen molar-refractivity contribution >= 4 is 5.91 Å². The molecular weight excluding hydrogens is 310 g/mol. The largest absolute Gasteiger partial charge is 0.356 e. The minimum atomic E-state index is 0.00730. The van der Waals surface area contributed by atoms with Crippen molar-refractivity contribution in [2.75, 3.05) is 13.1 Å². The second kappa shape index (κ2) is 8.33. The fourth-order valence-corrected chi connectivity index (χ4v) is 3.66. The summed E-state index contributed by atoms with van der Waals surface area (Å²) in [6.07, 6.45) is 5.19. The smallest absolute Gasteiger partial charge is 0.216 e. The molecule has 25 heavy (non-hydrogen) atoms. The highest BCUT2D eigenvalue weighted by Gasteiger charge is 2.35. The summed E-state index contributed by atoms with van der Waals surface area (Å²) in [6.45, 7) is 9.97. The van der Waals surface area contributed by atoms with Gasteiger partial charge in [0.15, 0.2) is 0 Å². The van der Waals surface area contributed by atoms with E-state index in [0.717, 1.165) is 45.2 Å². The van der Waals surface area contributed by atoms with Crippen molar-refractivity contribution < 1.29 is 4.79 Å². The van der Waals surface area contributed by atoms with E-state index in [9.17, 15) is 4.79 Å². The van der Waals surface area contributed by atoms with Gasteiger partial charge in [-0.3, -0.25) is 4.79 Å². The van der Waals surface area contributed by atoms with Gasteiger partial charge in [-0.1, -0.05) is 45.0 Å². The van der Waals surface area contributed by atoms with Crippen LogP contribution in [0.1, 0.15) is 70.9 Å². The van der Waals surface area contributed by atoms with Gasteiger partial charge in [0.1, 0.15) is 0 Å². The van der Waals surface area contributed by atoms with E-state index in [4.69, 9.17) is 5.73 Å². The summed E-state index contributed by atoms with van der Waals surface area (Å²) >= 11 is 0. The zero-order valence-corrected chi connectivity index (χ0v) is 16.3. The van der Waals surface area contributed by atoms with Crippen LogP contribution in [0, 0.1) is 0 Å². The zero-order valence-electron chi connectivity index (χ0n) is 16.3. The second-order valence-corrected chi connectivity index (χ2v) is 8.51. The molecule has 4 N–H and O–H groups in total. The average molecular weight is 346 g/mol. The van der Waals surface area contributed by atoms with Crippen LogP contribution in [-0.2, 0) is 15.7 Å². The van der Waals surface area contributed by atoms with Crippen molar-refractivity contribution in [2.45, 2.75) is 76.8 Å². The number of rotatable bonds is 6. The molecule has 0 unspecified atom stereocenters. The molecule has 1 fully saturated rings. The zero-order chi connectivity index (χ0) is 18.5. The summed E-state index contributed by atoms with van der Waals surface area (Å²) in [7, 11) is 0.